The second kappa shape index (κ2) is 6.61. The number of fused-ring (bicyclic) bond motifs is 1. The van der Waals surface area contributed by atoms with Gasteiger partial charge in [-0.15, -0.1) is 0 Å². The summed E-state index contributed by atoms with van der Waals surface area (Å²) >= 11 is 0. The zero-order chi connectivity index (χ0) is 13.6. The Morgan fingerprint density at radius 3 is 1.70 bits per heavy atom. The molecule has 2 rings (SSSR count). The van der Waals surface area contributed by atoms with Crippen molar-refractivity contribution in [3.05, 3.63) is 30.6 Å². The largest absolute Gasteiger partial charge is 1.00 e. The van der Waals surface area contributed by atoms with E-state index in [-0.39, 0.29) is 48.5 Å². The molecule has 0 spiro atoms. The summed E-state index contributed by atoms with van der Waals surface area (Å²) in [5.74, 6) is 0. The van der Waals surface area contributed by atoms with Gasteiger partial charge in [0.05, 0.1) is 9.79 Å². The van der Waals surface area contributed by atoms with Crippen LogP contribution < -0.4 is 37.7 Å². The summed E-state index contributed by atoms with van der Waals surface area (Å²) in [5, 5.41) is -0.332. The van der Waals surface area contributed by atoms with Gasteiger partial charge >= 0.3 is 37.7 Å². The molecule has 0 saturated heterocycles. The van der Waals surface area contributed by atoms with Crippen molar-refractivity contribution in [2.24, 2.45) is 0 Å². The Hall–Kier alpha value is -0.355. The van der Waals surface area contributed by atoms with Crippen LogP contribution in [-0.4, -0.2) is 30.9 Å². The standard InChI is InChI=1S/C9H7NO6S2.2Li/c11-17(12,13)8-1-2-9(18(14,15)16)7-5-10-4-3-6(7)8;;/h1-5H,(H,11,12,13)(H,14,15,16);;/q;2*+1/p-2. The van der Waals surface area contributed by atoms with E-state index in [0.29, 0.717) is 0 Å². The van der Waals surface area contributed by atoms with Gasteiger partial charge in [-0.25, -0.2) is 16.8 Å². The summed E-state index contributed by atoms with van der Waals surface area (Å²) in [6, 6.07) is 2.75. The van der Waals surface area contributed by atoms with E-state index in [0.717, 1.165) is 24.4 Å². The molecule has 0 fully saturated rings. The topological polar surface area (TPSA) is 127 Å². The molecule has 96 valence electrons. The zero-order valence-corrected chi connectivity index (χ0v) is 12.2. The smallest absolute Gasteiger partial charge is 0.744 e. The molecule has 0 saturated carbocycles. The van der Waals surface area contributed by atoms with Crippen molar-refractivity contribution < 1.29 is 63.7 Å². The Labute approximate surface area is 139 Å². The fraction of sp³-hybridized carbons (Fsp3) is 0. The van der Waals surface area contributed by atoms with Gasteiger partial charge in [0, 0.05) is 23.2 Å². The van der Waals surface area contributed by atoms with Crippen molar-refractivity contribution in [3.63, 3.8) is 0 Å². The summed E-state index contributed by atoms with van der Waals surface area (Å²) < 4.78 is 66.0. The fourth-order valence-corrected chi connectivity index (χ4v) is 2.92. The van der Waals surface area contributed by atoms with Crippen molar-refractivity contribution >= 4 is 31.0 Å². The first kappa shape index (κ1) is 19.6. The van der Waals surface area contributed by atoms with E-state index in [1.165, 1.54) is 6.20 Å². The van der Waals surface area contributed by atoms with Crippen molar-refractivity contribution in [2.75, 3.05) is 0 Å². The third-order valence-corrected chi connectivity index (χ3v) is 4.07. The van der Waals surface area contributed by atoms with E-state index in [1.54, 1.807) is 0 Å². The predicted octanol–water partition coefficient (Wildman–Crippen LogP) is -5.95. The second-order valence-electron chi connectivity index (χ2n) is 3.39. The van der Waals surface area contributed by atoms with Gasteiger partial charge in [0.25, 0.3) is 0 Å². The maximum Gasteiger partial charge on any atom is 1.00 e. The predicted molar refractivity (Wildman–Crippen MR) is 57.7 cm³/mol. The summed E-state index contributed by atoms with van der Waals surface area (Å²) in [7, 11) is -9.54. The fourth-order valence-electron chi connectivity index (χ4n) is 1.57. The number of hydrogen-bond donors (Lipinski definition) is 0. The Morgan fingerprint density at radius 2 is 1.25 bits per heavy atom. The van der Waals surface area contributed by atoms with Crippen LogP contribution in [0.25, 0.3) is 10.8 Å². The first-order valence-corrected chi connectivity index (χ1v) is 7.31. The molecule has 2 aromatic rings. The SMILES string of the molecule is O=S(=O)([O-])c1ccc(S(=O)(=O)[O-])c2cnccc12.[Li+].[Li+]. The van der Waals surface area contributed by atoms with Crippen LogP contribution in [0.5, 0.6) is 0 Å². The Kier molecular flexibility index (Phi) is 6.49. The molecule has 1 heterocycles. The summed E-state index contributed by atoms with van der Waals surface area (Å²) in [4.78, 5) is 2.41. The monoisotopic (exact) mass is 301 g/mol. The van der Waals surface area contributed by atoms with E-state index >= 15 is 0 Å². The molecule has 0 aliphatic heterocycles. The minimum atomic E-state index is -4.78. The van der Waals surface area contributed by atoms with Gasteiger partial charge in [-0.3, -0.25) is 4.98 Å². The van der Waals surface area contributed by atoms with Crippen LogP contribution in [0, 0.1) is 0 Å². The molecular weight excluding hydrogens is 296 g/mol. The zero-order valence-electron chi connectivity index (χ0n) is 10.6. The molecule has 0 radical (unpaired) electrons. The van der Waals surface area contributed by atoms with E-state index < -0.39 is 30.0 Å². The molecule has 0 N–H and O–H groups in total. The molecule has 0 aliphatic rings. The number of hydrogen-bond acceptors (Lipinski definition) is 7. The Balaban J connectivity index is 0.00000180. The number of rotatable bonds is 2. The maximum atomic E-state index is 11.0. The van der Waals surface area contributed by atoms with Gasteiger partial charge < -0.3 is 9.11 Å². The van der Waals surface area contributed by atoms with Crippen LogP contribution in [0.15, 0.2) is 40.4 Å². The van der Waals surface area contributed by atoms with Crippen molar-refractivity contribution in [3.8, 4) is 0 Å². The molecule has 1 aromatic carbocycles. The normalized spacial score (nSPS) is 11.5. The van der Waals surface area contributed by atoms with Crippen LogP contribution in [0.3, 0.4) is 0 Å². The van der Waals surface area contributed by atoms with E-state index in [9.17, 15) is 25.9 Å². The number of nitrogens with zero attached hydrogens (tertiary/aromatic N) is 1. The van der Waals surface area contributed by atoms with Gasteiger partial charge in [0.15, 0.2) is 0 Å². The third-order valence-electron chi connectivity index (χ3n) is 2.28. The molecule has 11 heteroatoms. The number of benzene rings is 1. The van der Waals surface area contributed by atoms with Gasteiger partial charge in [-0.05, 0) is 18.2 Å². The van der Waals surface area contributed by atoms with Crippen LogP contribution in [0.1, 0.15) is 0 Å². The van der Waals surface area contributed by atoms with E-state index in [1.807, 2.05) is 0 Å². The van der Waals surface area contributed by atoms with Crippen molar-refractivity contribution in [2.45, 2.75) is 9.79 Å². The average molecular weight is 301 g/mol. The first-order chi connectivity index (χ1) is 8.21. The van der Waals surface area contributed by atoms with Crippen LogP contribution in [0.2, 0.25) is 0 Å². The Bertz CT molecular complexity index is 764. The molecule has 0 bridgehead atoms. The quantitative estimate of drug-likeness (QED) is 0.399. The second-order valence-corrected chi connectivity index (χ2v) is 6.09. The first-order valence-electron chi connectivity index (χ1n) is 4.50. The van der Waals surface area contributed by atoms with Gasteiger partial charge in [0.1, 0.15) is 20.2 Å². The molecular formula is C9H5Li2NO6S2. The molecule has 0 unspecified atom stereocenters. The van der Waals surface area contributed by atoms with Crippen molar-refractivity contribution in [1.82, 2.24) is 4.98 Å². The van der Waals surface area contributed by atoms with Gasteiger partial charge in [-0.1, -0.05) is 0 Å². The molecule has 1 aromatic heterocycles. The van der Waals surface area contributed by atoms with E-state index in [4.69, 9.17) is 0 Å². The molecule has 7 nitrogen and oxygen atoms in total. The number of aromatic nitrogens is 1. The van der Waals surface area contributed by atoms with Crippen LogP contribution in [0.4, 0.5) is 0 Å². The van der Waals surface area contributed by atoms with Gasteiger partial charge in [0.2, 0.25) is 0 Å². The van der Waals surface area contributed by atoms with Crippen LogP contribution in [-0.2, 0) is 20.2 Å². The van der Waals surface area contributed by atoms with Crippen LogP contribution >= 0.6 is 0 Å². The summed E-state index contributed by atoms with van der Waals surface area (Å²) in [6.45, 7) is 0. The summed E-state index contributed by atoms with van der Waals surface area (Å²) in [6.07, 6.45) is 2.22. The molecule has 0 aliphatic carbocycles. The van der Waals surface area contributed by atoms with Gasteiger partial charge in [-0.2, -0.15) is 0 Å². The van der Waals surface area contributed by atoms with Crippen molar-refractivity contribution in [1.29, 1.82) is 0 Å². The minimum absolute atomic E-state index is 0. The number of pyridine rings is 1. The molecule has 20 heavy (non-hydrogen) atoms. The maximum absolute atomic E-state index is 11.0. The summed E-state index contributed by atoms with van der Waals surface area (Å²) in [5.41, 5.74) is 0. The minimum Gasteiger partial charge on any atom is -0.744 e. The molecule has 0 atom stereocenters. The Morgan fingerprint density at radius 1 is 0.800 bits per heavy atom. The third kappa shape index (κ3) is 3.85. The molecule has 0 amide bonds. The average Bonchev–Trinajstić information content (AvgIpc) is 2.24. The van der Waals surface area contributed by atoms with E-state index in [2.05, 4.69) is 4.98 Å².